The van der Waals surface area contributed by atoms with E-state index < -0.39 is 11.7 Å². The summed E-state index contributed by atoms with van der Waals surface area (Å²) in [6, 6.07) is 19.9. The number of hydrogen-bond acceptors (Lipinski definition) is 5. The third-order valence-electron chi connectivity index (χ3n) is 7.15. The lowest BCUT2D eigenvalue weighted by Crippen LogP contribution is -2.44. The number of hydrogen-bond donors (Lipinski definition) is 2. The van der Waals surface area contributed by atoms with Gasteiger partial charge >= 0.3 is 6.18 Å². The van der Waals surface area contributed by atoms with E-state index in [1.165, 1.54) is 43.7 Å². The van der Waals surface area contributed by atoms with Crippen LogP contribution < -0.4 is 10.6 Å². The Morgan fingerprint density at radius 2 is 1.62 bits per heavy atom. The molecule has 0 bridgehead atoms. The third kappa shape index (κ3) is 7.79. The van der Waals surface area contributed by atoms with E-state index in [-0.39, 0.29) is 18.4 Å². The van der Waals surface area contributed by atoms with E-state index in [0.717, 1.165) is 24.1 Å². The fourth-order valence-electron chi connectivity index (χ4n) is 5.18. The molecule has 1 atom stereocenters. The van der Waals surface area contributed by atoms with Gasteiger partial charge in [0.25, 0.3) is 0 Å². The Labute approximate surface area is 239 Å². The molecule has 5 rings (SSSR count). The summed E-state index contributed by atoms with van der Waals surface area (Å²) in [5.74, 6) is 0.432. The van der Waals surface area contributed by atoms with Gasteiger partial charge in [-0.3, -0.25) is 4.98 Å². The van der Waals surface area contributed by atoms with Crippen molar-refractivity contribution < 1.29 is 13.2 Å². The van der Waals surface area contributed by atoms with Crippen molar-refractivity contribution in [1.82, 2.24) is 20.3 Å². The van der Waals surface area contributed by atoms with Crippen LogP contribution in [0, 0.1) is 0 Å². The van der Waals surface area contributed by atoms with Gasteiger partial charge in [-0.1, -0.05) is 61.7 Å². The van der Waals surface area contributed by atoms with Crippen molar-refractivity contribution in [3.63, 3.8) is 0 Å². The van der Waals surface area contributed by atoms with Crippen LogP contribution >= 0.6 is 12.4 Å². The zero-order valence-corrected chi connectivity index (χ0v) is 22.9. The quantitative estimate of drug-likeness (QED) is 0.218. The van der Waals surface area contributed by atoms with E-state index in [9.17, 15) is 13.2 Å². The van der Waals surface area contributed by atoms with Gasteiger partial charge in [0, 0.05) is 48.3 Å². The first-order valence-electron chi connectivity index (χ1n) is 13.4. The van der Waals surface area contributed by atoms with Crippen LogP contribution in [0.3, 0.4) is 0 Å². The van der Waals surface area contributed by atoms with Crippen LogP contribution in [-0.4, -0.2) is 33.6 Å². The van der Waals surface area contributed by atoms with Crippen LogP contribution in [0.5, 0.6) is 0 Å². The predicted molar refractivity (Wildman–Crippen MR) is 155 cm³/mol. The minimum Gasteiger partial charge on any atom is -0.353 e. The molecule has 1 aliphatic rings. The molecule has 1 saturated carbocycles. The first kappa shape index (κ1) is 29.5. The minimum atomic E-state index is -4.44. The van der Waals surface area contributed by atoms with Gasteiger partial charge in [0.2, 0.25) is 5.95 Å². The van der Waals surface area contributed by atoms with Crippen molar-refractivity contribution in [3.05, 3.63) is 96.4 Å². The average Bonchev–Trinajstić information content (AvgIpc) is 2.97. The van der Waals surface area contributed by atoms with Gasteiger partial charge < -0.3 is 10.6 Å². The van der Waals surface area contributed by atoms with Gasteiger partial charge in [-0.15, -0.1) is 12.4 Å². The molecule has 210 valence electrons. The van der Waals surface area contributed by atoms with Gasteiger partial charge in [0.1, 0.15) is 0 Å². The highest BCUT2D eigenvalue weighted by Crippen LogP contribution is 2.35. The molecule has 1 aliphatic carbocycles. The molecule has 2 N–H and O–H groups in total. The Kier molecular flexibility index (Phi) is 10.1. The second-order valence-corrected chi connectivity index (χ2v) is 10.0. The Morgan fingerprint density at radius 1 is 0.875 bits per heavy atom. The molecule has 0 spiro atoms. The smallest absolute Gasteiger partial charge is 0.353 e. The number of nitrogens with zero attached hydrogens (tertiary/aromatic N) is 3. The fraction of sp³-hybridized carbons (Fsp3) is 0.323. The number of nitrogens with one attached hydrogen (secondary N) is 2. The van der Waals surface area contributed by atoms with Crippen LogP contribution in [-0.2, 0) is 12.6 Å². The summed E-state index contributed by atoms with van der Waals surface area (Å²) in [5, 5.41) is 7.24. The monoisotopic (exact) mass is 567 g/mol. The Hall–Kier alpha value is -3.49. The summed E-state index contributed by atoms with van der Waals surface area (Å²) in [5.41, 5.74) is 2.78. The van der Waals surface area contributed by atoms with Crippen molar-refractivity contribution in [2.75, 3.05) is 11.9 Å². The fourth-order valence-corrected chi connectivity index (χ4v) is 5.18. The van der Waals surface area contributed by atoms with Gasteiger partial charge in [0.15, 0.2) is 0 Å². The predicted octanol–water partition coefficient (Wildman–Crippen LogP) is 7.59. The molecule has 4 aromatic rings. The number of benzene rings is 2. The lowest BCUT2D eigenvalue weighted by atomic mass is 9.94. The zero-order chi connectivity index (χ0) is 27.1. The first-order chi connectivity index (χ1) is 19.0. The van der Waals surface area contributed by atoms with Crippen LogP contribution in [0.25, 0.3) is 22.4 Å². The molecule has 9 heteroatoms. The largest absolute Gasteiger partial charge is 0.416 e. The molecule has 40 heavy (non-hydrogen) atoms. The van der Waals surface area contributed by atoms with Crippen molar-refractivity contribution in [3.8, 4) is 22.4 Å². The van der Waals surface area contributed by atoms with Crippen molar-refractivity contribution in [2.45, 2.75) is 56.8 Å². The number of rotatable bonds is 9. The third-order valence-corrected chi connectivity index (χ3v) is 7.15. The second-order valence-electron chi connectivity index (χ2n) is 10.0. The highest BCUT2D eigenvalue weighted by molar-refractivity contribution is 5.85. The summed E-state index contributed by atoms with van der Waals surface area (Å²) in [7, 11) is 0. The lowest BCUT2D eigenvalue weighted by Gasteiger charge is -2.29. The molecule has 1 fully saturated rings. The van der Waals surface area contributed by atoms with E-state index in [2.05, 4.69) is 44.9 Å². The zero-order valence-electron chi connectivity index (χ0n) is 22.1. The van der Waals surface area contributed by atoms with Crippen molar-refractivity contribution in [2.24, 2.45) is 0 Å². The first-order valence-corrected chi connectivity index (χ1v) is 13.4. The summed E-state index contributed by atoms with van der Waals surface area (Å²) in [6.07, 6.45) is 7.47. The highest BCUT2D eigenvalue weighted by Gasteiger charge is 2.30. The van der Waals surface area contributed by atoms with Gasteiger partial charge in [-0.2, -0.15) is 13.2 Å². The molecule has 0 amide bonds. The summed E-state index contributed by atoms with van der Waals surface area (Å²) >= 11 is 0. The maximum absolute atomic E-state index is 13.4. The maximum atomic E-state index is 13.4. The van der Waals surface area contributed by atoms with E-state index >= 15 is 0 Å². The minimum absolute atomic E-state index is 0. The van der Waals surface area contributed by atoms with Gasteiger partial charge in [0.05, 0.1) is 11.3 Å². The summed E-state index contributed by atoms with van der Waals surface area (Å²) < 4.78 is 40.2. The molecule has 2 aromatic heterocycles. The molecule has 2 aromatic carbocycles. The summed E-state index contributed by atoms with van der Waals surface area (Å²) in [4.78, 5) is 13.4. The second kappa shape index (κ2) is 13.7. The Balaban J connectivity index is 0.00000370. The topological polar surface area (TPSA) is 62.7 Å². The molecule has 0 saturated heterocycles. The molecular weight excluding hydrogens is 535 g/mol. The molecular formula is C31H33ClF3N5. The normalized spacial score (nSPS) is 14.8. The van der Waals surface area contributed by atoms with E-state index in [4.69, 9.17) is 4.98 Å². The molecule has 5 nitrogen and oxygen atoms in total. The standard InChI is InChI=1S/C31H32F3N5.ClH/c32-31(33,34)25-11-7-10-24(19-25)28-21-37-30(39-29(28)23-14-16-35-17-15-23)36-20-27(18-22-8-3-1-4-9-22)38-26-12-5-2-6-13-26;/h1,3-4,7-11,14-17,19,21,26-27,38H,2,5-6,12-13,18,20H2,(H,36,37,39);1H/t27-;/m0./s1. The van der Waals surface area contributed by atoms with E-state index in [1.54, 1.807) is 36.8 Å². The highest BCUT2D eigenvalue weighted by atomic mass is 35.5. The van der Waals surface area contributed by atoms with Gasteiger partial charge in [-0.05, 0) is 54.7 Å². The summed E-state index contributed by atoms with van der Waals surface area (Å²) in [6.45, 7) is 0.615. The van der Waals surface area contributed by atoms with Crippen molar-refractivity contribution in [1.29, 1.82) is 0 Å². The number of halogens is 4. The van der Waals surface area contributed by atoms with E-state index in [1.807, 2.05) is 6.07 Å². The van der Waals surface area contributed by atoms with Crippen LogP contribution in [0.2, 0.25) is 0 Å². The van der Waals surface area contributed by atoms with Crippen LogP contribution in [0.15, 0.2) is 85.3 Å². The van der Waals surface area contributed by atoms with Crippen LogP contribution in [0.4, 0.5) is 19.1 Å². The molecule has 0 aliphatic heterocycles. The maximum Gasteiger partial charge on any atom is 0.416 e. The van der Waals surface area contributed by atoms with Gasteiger partial charge in [-0.25, -0.2) is 9.97 Å². The Bertz CT molecular complexity index is 1350. The number of alkyl halides is 3. The lowest BCUT2D eigenvalue weighted by molar-refractivity contribution is -0.137. The average molecular weight is 568 g/mol. The molecule has 0 radical (unpaired) electrons. The van der Waals surface area contributed by atoms with Crippen molar-refractivity contribution >= 4 is 18.4 Å². The van der Waals surface area contributed by atoms with Crippen LogP contribution in [0.1, 0.15) is 43.2 Å². The van der Waals surface area contributed by atoms with E-state index in [0.29, 0.717) is 35.4 Å². The SMILES string of the molecule is Cl.FC(F)(F)c1cccc(-c2cnc(NC[C@H](Cc3ccccc3)NC3CCCCC3)nc2-c2ccncc2)c1. The number of aromatic nitrogens is 3. The number of anilines is 1. The number of pyridine rings is 1. The molecule has 2 heterocycles. The Morgan fingerprint density at radius 3 is 2.35 bits per heavy atom. The molecule has 0 unspecified atom stereocenters.